The zero-order valence-electron chi connectivity index (χ0n) is 22.0. The van der Waals surface area contributed by atoms with Crippen LogP contribution in [0.1, 0.15) is 61.3 Å². The van der Waals surface area contributed by atoms with Crippen LogP contribution in [0.2, 0.25) is 0 Å². The van der Waals surface area contributed by atoms with Crippen LogP contribution in [0.15, 0.2) is 0 Å². The van der Waals surface area contributed by atoms with Crippen molar-refractivity contribution in [3.63, 3.8) is 0 Å². The van der Waals surface area contributed by atoms with Crippen LogP contribution < -0.4 is 10.6 Å². The standard InChI is InChI=1S/C22H36N2O12/c1-12(33-17(27)13(10-15(25)31-8)23-19(29)35-21(2,3)4)34-18(28)14(11-16(26)32-9)24-20(30)36-22(5,6)7/h12-14H,10-11H2,1-9H3,(H,23,29)(H,24,30)/t13-,14-/m0/s1. The van der Waals surface area contributed by atoms with Crippen molar-refractivity contribution in [2.45, 2.75) is 90.9 Å². The highest BCUT2D eigenvalue weighted by molar-refractivity contribution is 5.87. The van der Waals surface area contributed by atoms with Crippen LogP contribution in [0.3, 0.4) is 0 Å². The van der Waals surface area contributed by atoms with Gasteiger partial charge in [0.25, 0.3) is 0 Å². The maximum atomic E-state index is 12.6. The maximum Gasteiger partial charge on any atom is 0.408 e. The van der Waals surface area contributed by atoms with Gasteiger partial charge >= 0.3 is 36.1 Å². The highest BCUT2D eigenvalue weighted by atomic mass is 16.7. The molecule has 206 valence electrons. The number of rotatable bonds is 10. The summed E-state index contributed by atoms with van der Waals surface area (Å²) in [6.45, 7) is 10.7. The number of esters is 4. The molecule has 14 nitrogen and oxygen atoms in total. The minimum Gasteiger partial charge on any atom is -0.469 e. The number of carbonyl (C=O) groups is 6. The Labute approximate surface area is 209 Å². The fourth-order valence-corrected chi connectivity index (χ4v) is 2.30. The summed E-state index contributed by atoms with van der Waals surface area (Å²) >= 11 is 0. The summed E-state index contributed by atoms with van der Waals surface area (Å²) in [4.78, 5) is 72.6. The molecule has 14 heteroatoms. The van der Waals surface area contributed by atoms with E-state index < -0.39 is 78.5 Å². The first kappa shape index (κ1) is 32.4. The van der Waals surface area contributed by atoms with Crippen LogP contribution >= 0.6 is 0 Å². The maximum absolute atomic E-state index is 12.6. The molecule has 2 N–H and O–H groups in total. The molecule has 0 aromatic rings. The normalized spacial score (nSPS) is 12.9. The van der Waals surface area contributed by atoms with E-state index in [0.29, 0.717) is 0 Å². The zero-order valence-corrected chi connectivity index (χ0v) is 22.0. The number of amides is 2. The Morgan fingerprint density at radius 3 is 1.19 bits per heavy atom. The van der Waals surface area contributed by atoms with Gasteiger partial charge in [-0.3, -0.25) is 9.59 Å². The van der Waals surface area contributed by atoms with Gasteiger partial charge in [0, 0.05) is 6.92 Å². The number of hydrogen-bond donors (Lipinski definition) is 2. The minimum atomic E-state index is -1.55. The van der Waals surface area contributed by atoms with Gasteiger partial charge in [0.2, 0.25) is 6.29 Å². The Kier molecular flexibility index (Phi) is 12.7. The lowest BCUT2D eigenvalue weighted by Crippen LogP contribution is -2.48. The Morgan fingerprint density at radius 2 is 0.944 bits per heavy atom. The number of nitrogens with one attached hydrogen (secondary N) is 2. The third-order valence-corrected chi connectivity index (χ3v) is 3.71. The number of carbonyl (C=O) groups excluding carboxylic acids is 6. The molecule has 2 atom stereocenters. The average Bonchev–Trinajstić information content (AvgIpc) is 2.69. The Morgan fingerprint density at radius 1 is 0.639 bits per heavy atom. The summed E-state index contributed by atoms with van der Waals surface area (Å²) in [5.41, 5.74) is -1.77. The van der Waals surface area contributed by atoms with E-state index in [1.165, 1.54) is 6.92 Å². The largest absolute Gasteiger partial charge is 0.469 e. The molecule has 0 aromatic carbocycles. The average molecular weight is 521 g/mol. The van der Waals surface area contributed by atoms with Crippen molar-refractivity contribution in [1.29, 1.82) is 0 Å². The Bertz CT molecular complexity index is 747. The van der Waals surface area contributed by atoms with Crippen LogP contribution in [0.4, 0.5) is 9.59 Å². The summed E-state index contributed by atoms with van der Waals surface area (Å²) < 4.78 is 29.2. The molecule has 0 aliphatic carbocycles. The molecular formula is C22H36N2O12. The smallest absolute Gasteiger partial charge is 0.408 e. The third-order valence-electron chi connectivity index (χ3n) is 3.71. The lowest BCUT2D eigenvalue weighted by Gasteiger charge is -2.25. The van der Waals surface area contributed by atoms with E-state index in [-0.39, 0.29) is 0 Å². The van der Waals surface area contributed by atoms with Gasteiger partial charge in [0.05, 0.1) is 27.1 Å². The lowest BCUT2D eigenvalue weighted by atomic mass is 10.2. The molecule has 2 amide bonds. The molecule has 0 aliphatic heterocycles. The van der Waals surface area contributed by atoms with Crippen LogP contribution in [0.5, 0.6) is 0 Å². The molecule has 0 radical (unpaired) electrons. The summed E-state index contributed by atoms with van der Waals surface area (Å²) in [6.07, 6.45) is -4.75. The van der Waals surface area contributed by atoms with Crippen molar-refractivity contribution in [3.8, 4) is 0 Å². The second kappa shape index (κ2) is 14.1. The summed E-state index contributed by atoms with van der Waals surface area (Å²) in [5, 5.41) is 4.38. The molecule has 0 heterocycles. The first-order chi connectivity index (χ1) is 16.4. The first-order valence-corrected chi connectivity index (χ1v) is 10.9. The van der Waals surface area contributed by atoms with Gasteiger partial charge in [-0.15, -0.1) is 0 Å². The summed E-state index contributed by atoms with van der Waals surface area (Å²) in [5.74, 6) is -3.96. The second-order valence-electron chi connectivity index (χ2n) is 9.40. The third kappa shape index (κ3) is 14.6. The second-order valence-corrected chi connectivity index (χ2v) is 9.40. The molecule has 0 aliphatic rings. The number of hydrogen-bond acceptors (Lipinski definition) is 12. The zero-order chi connectivity index (χ0) is 28.3. The van der Waals surface area contributed by atoms with E-state index in [9.17, 15) is 28.8 Å². The predicted octanol–water partition coefficient (Wildman–Crippen LogP) is 1.33. The molecule has 0 fully saturated rings. The molecule has 0 bridgehead atoms. The molecule has 0 unspecified atom stereocenters. The van der Waals surface area contributed by atoms with Crippen molar-refractivity contribution in [3.05, 3.63) is 0 Å². The molecule has 0 aromatic heterocycles. The van der Waals surface area contributed by atoms with E-state index in [2.05, 4.69) is 20.1 Å². The Hall–Kier alpha value is -3.58. The SMILES string of the molecule is COC(=O)C[C@H](NC(=O)OC(C)(C)C)C(=O)OC(C)OC(=O)[C@H](CC(=O)OC)NC(=O)OC(C)(C)C. The van der Waals surface area contributed by atoms with E-state index in [1.807, 2.05) is 0 Å². The van der Waals surface area contributed by atoms with Gasteiger partial charge in [-0.1, -0.05) is 0 Å². The van der Waals surface area contributed by atoms with Crippen LogP contribution in [-0.4, -0.2) is 79.9 Å². The number of alkyl carbamates (subject to hydrolysis) is 2. The monoisotopic (exact) mass is 520 g/mol. The van der Waals surface area contributed by atoms with Gasteiger partial charge in [-0.2, -0.15) is 0 Å². The van der Waals surface area contributed by atoms with E-state index in [1.54, 1.807) is 41.5 Å². The van der Waals surface area contributed by atoms with Crippen molar-refractivity contribution >= 4 is 36.1 Å². The molecule has 0 spiro atoms. The fourth-order valence-electron chi connectivity index (χ4n) is 2.30. The van der Waals surface area contributed by atoms with E-state index >= 15 is 0 Å². The summed E-state index contributed by atoms with van der Waals surface area (Å²) in [7, 11) is 2.17. The van der Waals surface area contributed by atoms with E-state index in [0.717, 1.165) is 14.2 Å². The highest BCUT2D eigenvalue weighted by Gasteiger charge is 2.33. The predicted molar refractivity (Wildman–Crippen MR) is 121 cm³/mol. The molecule has 0 saturated heterocycles. The van der Waals surface area contributed by atoms with Gasteiger partial charge < -0.3 is 39.1 Å². The molecule has 0 rings (SSSR count). The highest BCUT2D eigenvalue weighted by Crippen LogP contribution is 2.11. The number of ether oxygens (including phenoxy) is 6. The van der Waals surface area contributed by atoms with Gasteiger partial charge in [-0.25, -0.2) is 19.2 Å². The van der Waals surface area contributed by atoms with Crippen molar-refractivity contribution in [1.82, 2.24) is 10.6 Å². The van der Waals surface area contributed by atoms with Gasteiger partial charge in [-0.05, 0) is 41.5 Å². The summed E-state index contributed by atoms with van der Waals surface area (Å²) in [6, 6.07) is -3.06. The molecule has 0 saturated carbocycles. The van der Waals surface area contributed by atoms with Crippen LogP contribution in [0.25, 0.3) is 0 Å². The van der Waals surface area contributed by atoms with Crippen molar-refractivity contribution in [2.24, 2.45) is 0 Å². The fraction of sp³-hybridized carbons (Fsp3) is 0.727. The Balaban J connectivity index is 5.34. The van der Waals surface area contributed by atoms with Crippen molar-refractivity contribution < 1.29 is 57.2 Å². The topological polar surface area (TPSA) is 182 Å². The van der Waals surface area contributed by atoms with Gasteiger partial charge in [0.15, 0.2) is 0 Å². The van der Waals surface area contributed by atoms with E-state index in [4.69, 9.17) is 18.9 Å². The molecular weight excluding hydrogens is 484 g/mol. The quantitative estimate of drug-likeness (QED) is 0.240. The van der Waals surface area contributed by atoms with Crippen LogP contribution in [0, 0.1) is 0 Å². The van der Waals surface area contributed by atoms with Crippen molar-refractivity contribution in [2.75, 3.05) is 14.2 Å². The van der Waals surface area contributed by atoms with Gasteiger partial charge in [0.1, 0.15) is 23.3 Å². The minimum absolute atomic E-state index is 0.597. The first-order valence-electron chi connectivity index (χ1n) is 10.9. The van der Waals surface area contributed by atoms with Crippen LogP contribution in [-0.2, 0) is 47.6 Å². The lowest BCUT2D eigenvalue weighted by molar-refractivity contribution is -0.188. The number of methoxy groups -OCH3 is 2. The molecule has 36 heavy (non-hydrogen) atoms.